The van der Waals surface area contributed by atoms with E-state index in [0.29, 0.717) is 17.3 Å². The van der Waals surface area contributed by atoms with Crippen LogP contribution in [0.5, 0.6) is 0 Å². The van der Waals surface area contributed by atoms with Gasteiger partial charge in [-0.05, 0) is 44.5 Å². The first kappa shape index (κ1) is 15.3. The lowest BCUT2D eigenvalue weighted by molar-refractivity contribution is -0.130. The average Bonchev–Trinajstić information content (AvgIpc) is 2.44. The standard InChI is InChI=1S/C15H21ClN2O2/c1-11-4-3-5-12(16)13(11)18-14(19)15(10-20-2)6-8-17-9-7-15/h3-5,17H,6-10H2,1-2H3,(H,18,19). The molecule has 110 valence electrons. The first-order valence-corrected chi connectivity index (χ1v) is 7.23. The first-order valence-electron chi connectivity index (χ1n) is 6.85. The third-order valence-electron chi connectivity index (χ3n) is 3.92. The Kier molecular flexibility index (Phi) is 5.02. The molecule has 1 heterocycles. The number of carbonyl (C=O) groups excluding carboxylic acids is 1. The zero-order chi connectivity index (χ0) is 14.6. The number of piperidine rings is 1. The van der Waals surface area contributed by atoms with Gasteiger partial charge in [0.15, 0.2) is 0 Å². The van der Waals surface area contributed by atoms with Crippen LogP contribution < -0.4 is 10.6 Å². The zero-order valence-corrected chi connectivity index (χ0v) is 12.7. The average molecular weight is 297 g/mol. The molecule has 0 aromatic heterocycles. The summed E-state index contributed by atoms with van der Waals surface area (Å²) in [6.45, 7) is 4.04. The molecule has 1 aliphatic heterocycles. The van der Waals surface area contributed by atoms with Crippen molar-refractivity contribution in [1.29, 1.82) is 0 Å². The quantitative estimate of drug-likeness (QED) is 0.898. The summed E-state index contributed by atoms with van der Waals surface area (Å²) in [7, 11) is 1.64. The second-order valence-electron chi connectivity index (χ2n) is 5.35. The van der Waals surface area contributed by atoms with Crippen LogP contribution in [0.2, 0.25) is 5.02 Å². The molecular formula is C15H21ClN2O2. The van der Waals surface area contributed by atoms with Crippen molar-refractivity contribution < 1.29 is 9.53 Å². The summed E-state index contributed by atoms with van der Waals surface area (Å²) in [5.74, 6) is -0.00273. The van der Waals surface area contributed by atoms with E-state index in [2.05, 4.69) is 10.6 Å². The molecule has 0 atom stereocenters. The SMILES string of the molecule is COCC1(C(=O)Nc2c(C)cccc2Cl)CCNCC1. The first-order chi connectivity index (χ1) is 9.59. The molecule has 0 aliphatic carbocycles. The normalized spacial score (nSPS) is 17.8. The van der Waals surface area contributed by atoms with Crippen LogP contribution in [0.4, 0.5) is 5.69 Å². The lowest BCUT2D eigenvalue weighted by atomic mass is 9.78. The van der Waals surface area contributed by atoms with Gasteiger partial charge in [0.1, 0.15) is 0 Å². The van der Waals surface area contributed by atoms with Gasteiger partial charge < -0.3 is 15.4 Å². The molecule has 0 spiro atoms. The van der Waals surface area contributed by atoms with Crippen LogP contribution in [-0.4, -0.2) is 32.7 Å². The smallest absolute Gasteiger partial charge is 0.233 e. The van der Waals surface area contributed by atoms with Gasteiger partial charge in [-0.1, -0.05) is 23.7 Å². The van der Waals surface area contributed by atoms with E-state index < -0.39 is 5.41 Å². The number of hydrogen-bond donors (Lipinski definition) is 2. The van der Waals surface area contributed by atoms with Crippen molar-refractivity contribution in [3.63, 3.8) is 0 Å². The molecule has 4 nitrogen and oxygen atoms in total. The Hall–Kier alpha value is -1.10. The number of anilines is 1. The van der Waals surface area contributed by atoms with E-state index in [1.807, 2.05) is 19.1 Å². The minimum absolute atomic E-state index is 0.00273. The fourth-order valence-electron chi connectivity index (χ4n) is 2.65. The van der Waals surface area contributed by atoms with Gasteiger partial charge in [-0.25, -0.2) is 0 Å². The van der Waals surface area contributed by atoms with Gasteiger partial charge in [-0.15, -0.1) is 0 Å². The molecule has 1 amide bonds. The Bertz CT molecular complexity index is 459. The maximum atomic E-state index is 12.7. The Morgan fingerprint density at radius 3 is 2.75 bits per heavy atom. The molecule has 0 radical (unpaired) electrons. The third kappa shape index (κ3) is 3.14. The molecule has 1 saturated heterocycles. The molecule has 1 aliphatic rings. The van der Waals surface area contributed by atoms with E-state index in [9.17, 15) is 4.79 Å². The second kappa shape index (κ2) is 6.57. The Morgan fingerprint density at radius 2 is 2.15 bits per heavy atom. The van der Waals surface area contributed by atoms with Crippen molar-refractivity contribution >= 4 is 23.2 Å². The molecule has 1 fully saturated rings. The number of aryl methyl sites for hydroxylation is 1. The molecule has 2 N–H and O–H groups in total. The van der Waals surface area contributed by atoms with Gasteiger partial charge in [-0.2, -0.15) is 0 Å². The summed E-state index contributed by atoms with van der Waals surface area (Å²) in [4.78, 5) is 12.7. The third-order valence-corrected chi connectivity index (χ3v) is 4.24. The zero-order valence-electron chi connectivity index (χ0n) is 12.0. The van der Waals surface area contributed by atoms with Crippen molar-refractivity contribution in [1.82, 2.24) is 5.32 Å². The number of nitrogens with one attached hydrogen (secondary N) is 2. The number of halogens is 1. The van der Waals surface area contributed by atoms with E-state index in [1.54, 1.807) is 13.2 Å². The molecule has 0 bridgehead atoms. The minimum atomic E-state index is -0.467. The van der Waals surface area contributed by atoms with Gasteiger partial charge in [-0.3, -0.25) is 4.79 Å². The van der Waals surface area contributed by atoms with Crippen molar-refractivity contribution in [3.05, 3.63) is 28.8 Å². The number of ether oxygens (including phenoxy) is 1. The highest BCUT2D eigenvalue weighted by Crippen LogP contribution is 2.33. The van der Waals surface area contributed by atoms with E-state index in [-0.39, 0.29) is 5.91 Å². The molecule has 1 aromatic rings. The summed E-state index contributed by atoms with van der Waals surface area (Å²) in [6, 6.07) is 5.60. The van der Waals surface area contributed by atoms with Crippen LogP contribution in [-0.2, 0) is 9.53 Å². The summed E-state index contributed by atoms with van der Waals surface area (Å²) in [5, 5.41) is 6.84. The van der Waals surface area contributed by atoms with Gasteiger partial charge in [0, 0.05) is 7.11 Å². The summed E-state index contributed by atoms with van der Waals surface area (Å²) >= 11 is 6.18. The molecule has 5 heteroatoms. The molecule has 0 saturated carbocycles. The van der Waals surface area contributed by atoms with Crippen molar-refractivity contribution in [2.45, 2.75) is 19.8 Å². The van der Waals surface area contributed by atoms with Gasteiger partial charge in [0.05, 0.1) is 22.7 Å². The second-order valence-corrected chi connectivity index (χ2v) is 5.76. The molecular weight excluding hydrogens is 276 g/mol. The van der Waals surface area contributed by atoms with Crippen LogP contribution in [0.15, 0.2) is 18.2 Å². The maximum absolute atomic E-state index is 12.7. The van der Waals surface area contributed by atoms with E-state index in [0.717, 1.165) is 31.5 Å². The fraction of sp³-hybridized carbons (Fsp3) is 0.533. The Labute approximate surface area is 124 Å². The van der Waals surface area contributed by atoms with Gasteiger partial charge >= 0.3 is 0 Å². The number of methoxy groups -OCH3 is 1. The molecule has 1 aromatic carbocycles. The highest BCUT2D eigenvalue weighted by atomic mass is 35.5. The number of hydrogen-bond acceptors (Lipinski definition) is 3. The highest BCUT2D eigenvalue weighted by Gasteiger charge is 2.39. The van der Waals surface area contributed by atoms with E-state index >= 15 is 0 Å². The minimum Gasteiger partial charge on any atom is -0.384 e. The van der Waals surface area contributed by atoms with Crippen LogP contribution in [0.25, 0.3) is 0 Å². The highest BCUT2D eigenvalue weighted by molar-refractivity contribution is 6.34. The molecule has 20 heavy (non-hydrogen) atoms. The number of amides is 1. The number of benzene rings is 1. The lowest BCUT2D eigenvalue weighted by Crippen LogP contribution is -2.47. The van der Waals surface area contributed by atoms with Crippen molar-refractivity contribution in [2.24, 2.45) is 5.41 Å². The van der Waals surface area contributed by atoms with Crippen LogP contribution >= 0.6 is 11.6 Å². The van der Waals surface area contributed by atoms with Gasteiger partial charge in [0.25, 0.3) is 0 Å². The number of para-hydroxylation sites is 1. The largest absolute Gasteiger partial charge is 0.384 e. The number of carbonyl (C=O) groups is 1. The van der Waals surface area contributed by atoms with Crippen molar-refractivity contribution in [2.75, 3.05) is 32.1 Å². The maximum Gasteiger partial charge on any atom is 0.233 e. The Balaban J connectivity index is 2.20. The summed E-state index contributed by atoms with van der Waals surface area (Å²) in [6.07, 6.45) is 1.55. The van der Waals surface area contributed by atoms with Gasteiger partial charge in [0.2, 0.25) is 5.91 Å². The predicted octanol–water partition coefficient (Wildman–Crippen LogP) is 2.60. The molecule has 0 unspecified atom stereocenters. The monoisotopic (exact) mass is 296 g/mol. The number of rotatable bonds is 4. The van der Waals surface area contributed by atoms with Crippen LogP contribution in [0.3, 0.4) is 0 Å². The molecule has 2 rings (SSSR count). The van der Waals surface area contributed by atoms with Crippen molar-refractivity contribution in [3.8, 4) is 0 Å². The summed E-state index contributed by atoms with van der Waals surface area (Å²) in [5.41, 5.74) is 1.20. The Morgan fingerprint density at radius 1 is 1.45 bits per heavy atom. The topological polar surface area (TPSA) is 50.4 Å². The lowest BCUT2D eigenvalue weighted by Gasteiger charge is -2.35. The van der Waals surface area contributed by atoms with E-state index in [4.69, 9.17) is 16.3 Å². The fourth-order valence-corrected chi connectivity index (χ4v) is 2.92. The van der Waals surface area contributed by atoms with Crippen LogP contribution in [0, 0.1) is 12.3 Å². The summed E-state index contributed by atoms with van der Waals surface area (Å²) < 4.78 is 5.28. The predicted molar refractivity (Wildman–Crippen MR) is 81.2 cm³/mol. The van der Waals surface area contributed by atoms with E-state index in [1.165, 1.54) is 0 Å². The van der Waals surface area contributed by atoms with Crippen LogP contribution in [0.1, 0.15) is 18.4 Å².